The fourth-order valence-corrected chi connectivity index (χ4v) is 15.4. The molecule has 8 aromatic rings. The first-order valence-electron chi connectivity index (χ1n) is 30.7. The number of phosphoric acid groups is 1. The highest BCUT2D eigenvalue weighted by atomic mass is 35.5. The molecule has 2 aliphatic rings. The second-order valence-electron chi connectivity index (χ2n) is 28.0. The molecule has 0 aliphatic heterocycles. The van der Waals surface area contributed by atoms with Crippen LogP contribution >= 0.6 is 19.4 Å². The molecule has 10 rings (SSSR count). The van der Waals surface area contributed by atoms with Crippen molar-refractivity contribution in [2.75, 3.05) is 10.6 Å². The van der Waals surface area contributed by atoms with Crippen LogP contribution in [0.1, 0.15) is 165 Å². The van der Waals surface area contributed by atoms with Crippen molar-refractivity contribution in [2.45, 2.75) is 168 Å². The van der Waals surface area contributed by atoms with Gasteiger partial charge in [-0.05, 0) is 147 Å². The first-order valence-corrected chi connectivity index (χ1v) is 34.4. The number of carbonyl (C=O) groups is 3. The van der Waals surface area contributed by atoms with Crippen molar-refractivity contribution in [1.82, 2.24) is 44.4 Å². The van der Waals surface area contributed by atoms with E-state index >= 15 is 27.2 Å². The highest BCUT2D eigenvalue weighted by Crippen LogP contribution is 2.68. The van der Waals surface area contributed by atoms with E-state index < -0.39 is 172 Å². The predicted molar refractivity (Wildman–Crippen MR) is 346 cm³/mol. The molecule has 98 heavy (non-hydrogen) atoms. The summed E-state index contributed by atoms with van der Waals surface area (Å²) < 4.78 is 190. The molecule has 3 atom stereocenters. The standard InChI is InChI=1S/C66H70ClF8N10O11PS/c1-32-21-35(27-49(88)93-62(2,3)4)52(46(22-32)94-97(90,95-63(5,6)7)96-64(8,9)10)65(11,12)30-48(87)85(98(14,91)92)60-51-41(67)17-18-45(54(51)82(13)81-60)84-59(79-43-26-34(15-16-38(43)61(84)89)58-76-20-19-42(78-58)56(70)71)44(25-33-23-36(68)28-37(69)24-33)77-47(86)31-83-55-50(53(80-83)57(72)73)39-29-40(39)66(55,74)75/h15-24,26,28,39-40,44,56-57H,25,27,29-31H2,1-14H3,(H,77,86)/t39-,40+,44-/m0/s1. The van der Waals surface area contributed by atoms with Crippen molar-refractivity contribution >= 4 is 74.9 Å². The first-order chi connectivity index (χ1) is 45.2. The number of esters is 1. The molecule has 0 unspecified atom stereocenters. The monoisotopic (exact) mass is 1430 g/mol. The predicted octanol–water partition coefficient (Wildman–Crippen LogP) is 14.0. The maximum atomic E-state index is 15.9. The fourth-order valence-electron chi connectivity index (χ4n) is 12.4. The molecule has 0 bridgehead atoms. The zero-order valence-electron chi connectivity index (χ0n) is 55.6. The number of fused-ring (bicyclic) bond motifs is 5. The maximum Gasteiger partial charge on any atom is 0.531 e. The Kier molecular flexibility index (Phi) is 19.1. The van der Waals surface area contributed by atoms with Crippen LogP contribution in [0.4, 0.5) is 40.9 Å². The molecular weight excluding hydrogens is 1360 g/mol. The Morgan fingerprint density at radius 2 is 1.51 bits per heavy atom. The van der Waals surface area contributed by atoms with Gasteiger partial charge in [-0.25, -0.2) is 54.3 Å². The Balaban J connectivity index is 1.16. The van der Waals surface area contributed by atoms with Crippen molar-refractivity contribution in [3.05, 3.63) is 151 Å². The van der Waals surface area contributed by atoms with Gasteiger partial charge < -0.3 is 14.6 Å². The van der Waals surface area contributed by atoms with Gasteiger partial charge in [0.05, 0.1) is 62.4 Å². The van der Waals surface area contributed by atoms with Gasteiger partial charge in [-0.15, -0.1) is 0 Å². The zero-order chi connectivity index (χ0) is 72.2. The summed E-state index contributed by atoms with van der Waals surface area (Å²) in [4.78, 5) is 72.6. The molecule has 0 spiro atoms. The number of ether oxygens (including phenoxy) is 1. The summed E-state index contributed by atoms with van der Waals surface area (Å²) in [6.07, 6.45) is -6.61. The molecular formula is C66H70ClF8N10O11PS. The number of nitrogens with zero attached hydrogens (tertiary/aromatic N) is 9. The minimum atomic E-state index is -4.85. The highest BCUT2D eigenvalue weighted by molar-refractivity contribution is 7.92. The zero-order valence-corrected chi connectivity index (χ0v) is 58.1. The number of hydrogen-bond acceptors (Lipinski definition) is 16. The van der Waals surface area contributed by atoms with Gasteiger partial charge in [0.2, 0.25) is 21.8 Å². The Bertz CT molecular complexity index is 4760. The van der Waals surface area contributed by atoms with Gasteiger partial charge >= 0.3 is 13.8 Å². The van der Waals surface area contributed by atoms with E-state index in [-0.39, 0.29) is 72.8 Å². The molecule has 4 heterocycles. The van der Waals surface area contributed by atoms with Crippen molar-refractivity contribution in [1.29, 1.82) is 0 Å². The van der Waals surface area contributed by atoms with Gasteiger partial charge in [0, 0.05) is 60.2 Å². The third-order valence-electron chi connectivity index (χ3n) is 15.7. The second kappa shape index (κ2) is 25.8. The number of sulfonamides is 1. The van der Waals surface area contributed by atoms with E-state index in [1.165, 1.54) is 57.3 Å². The quantitative estimate of drug-likeness (QED) is 0.0399. The lowest BCUT2D eigenvalue weighted by Gasteiger charge is -2.34. The first kappa shape index (κ1) is 72.6. The van der Waals surface area contributed by atoms with E-state index in [1.807, 2.05) is 0 Å². The van der Waals surface area contributed by atoms with Crippen molar-refractivity contribution < 1.29 is 80.8 Å². The molecule has 0 saturated heterocycles. The molecule has 2 aliphatic carbocycles. The lowest BCUT2D eigenvalue weighted by molar-refractivity contribution is -0.154. The molecule has 0 radical (unpaired) electrons. The van der Waals surface area contributed by atoms with Crippen LogP contribution in [0.3, 0.4) is 0 Å². The molecule has 1 saturated carbocycles. The van der Waals surface area contributed by atoms with Gasteiger partial charge in [-0.3, -0.25) is 42.2 Å². The van der Waals surface area contributed by atoms with E-state index in [1.54, 1.807) is 75.3 Å². The van der Waals surface area contributed by atoms with Gasteiger partial charge in [0.15, 0.2) is 11.6 Å². The van der Waals surface area contributed by atoms with Gasteiger partial charge in [-0.1, -0.05) is 37.6 Å². The largest absolute Gasteiger partial charge is 0.531 e. The third kappa shape index (κ3) is 15.2. The minimum Gasteiger partial charge on any atom is -0.460 e. The lowest BCUT2D eigenvalue weighted by Crippen LogP contribution is -2.40. The number of aromatic nitrogens is 8. The molecule has 524 valence electrons. The second-order valence-corrected chi connectivity index (χ2v) is 31.6. The number of nitrogens with one attached hydrogen (secondary N) is 1. The summed E-state index contributed by atoms with van der Waals surface area (Å²) in [7, 11) is -8.23. The van der Waals surface area contributed by atoms with E-state index in [4.69, 9.17) is 34.9 Å². The number of carbonyl (C=O) groups excluding carboxylic acids is 3. The smallest absolute Gasteiger partial charge is 0.460 e. The van der Waals surface area contributed by atoms with Crippen LogP contribution in [-0.4, -0.2) is 88.3 Å². The van der Waals surface area contributed by atoms with E-state index in [0.717, 1.165) is 33.6 Å². The Labute approximate surface area is 562 Å². The molecule has 4 aromatic heterocycles. The number of halogens is 9. The van der Waals surface area contributed by atoms with Gasteiger partial charge in [0.1, 0.15) is 52.4 Å². The molecule has 1 fully saturated rings. The molecule has 32 heteroatoms. The average Bonchev–Trinajstić information content (AvgIpc) is 1.56. The van der Waals surface area contributed by atoms with Crippen LogP contribution in [-0.2, 0) is 80.5 Å². The number of hydrogen-bond donors (Lipinski definition) is 1. The summed E-state index contributed by atoms with van der Waals surface area (Å²) in [5, 5.41) is 10.1. The normalized spacial score (nSPS) is 16.0. The Hall–Kier alpha value is -8.18. The van der Waals surface area contributed by atoms with Crippen LogP contribution in [0, 0.1) is 24.5 Å². The SMILES string of the molecule is Cc1cc(CC(=O)OC(C)(C)C)c(C(C)(C)CC(=O)N(c2nn(C)c3c(-n4c([C@H](Cc5cc(F)cc(F)c5)NC(=O)Cn5nc(C(F)F)c6c5C(F)(F)[C@@H]5C[C@H]65)nc5cc(-c6nccc(C(F)F)n6)ccc5c4=O)ccc(Cl)c23)S(C)(=O)=O)c(OP(=O)(OC(C)(C)C)OC(C)(C)C)c1. The van der Waals surface area contributed by atoms with E-state index in [9.17, 15) is 40.1 Å². The maximum absolute atomic E-state index is 15.9. The molecule has 1 N–H and O–H groups in total. The van der Waals surface area contributed by atoms with Gasteiger partial charge in [0.25, 0.3) is 24.3 Å². The number of aryl methyl sites for hydroxylation is 2. The van der Waals surface area contributed by atoms with Crippen LogP contribution in [0.25, 0.3) is 38.9 Å². The summed E-state index contributed by atoms with van der Waals surface area (Å²) >= 11 is 7.09. The van der Waals surface area contributed by atoms with Crippen molar-refractivity contribution in [2.24, 2.45) is 13.0 Å². The van der Waals surface area contributed by atoms with Gasteiger partial charge in [-0.2, -0.15) is 23.3 Å². The molecule has 21 nitrogen and oxygen atoms in total. The van der Waals surface area contributed by atoms with Crippen LogP contribution in [0.15, 0.2) is 77.7 Å². The number of phosphoric ester groups is 1. The molecule has 2 amide bonds. The van der Waals surface area contributed by atoms with E-state index in [0.29, 0.717) is 26.9 Å². The number of amides is 2. The van der Waals surface area contributed by atoms with Crippen molar-refractivity contribution in [3.8, 4) is 22.8 Å². The highest BCUT2D eigenvalue weighted by Gasteiger charge is 2.67. The summed E-state index contributed by atoms with van der Waals surface area (Å²) in [5.74, 6) is -12.9. The van der Waals surface area contributed by atoms with Crippen molar-refractivity contribution in [3.63, 3.8) is 0 Å². The van der Waals surface area contributed by atoms with Crippen LogP contribution in [0.5, 0.6) is 5.75 Å². The number of rotatable bonds is 21. The van der Waals surface area contributed by atoms with Crippen LogP contribution < -0.4 is 19.7 Å². The summed E-state index contributed by atoms with van der Waals surface area (Å²) in [6.45, 7) is 18.2. The number of alkyl halides is 6. The fraction of sp³-hybridized carbons (Fsp3) is 0.439. The Morgan fingerprint density at radius 3 is 2.11 bits per heavy atom. The molecule has 4 aromatic carbocycles. The number of anilines is 1. The number of benzene rings is 4. The Morgan fingerprint density at radius 1 is 0.857 bits per heavy atom. The lowest BCUT2D eigenvalue weighted by atomic mass is 9.77. The van der Waals surface area contributed by atoms with Crippen LogP contribution in [0.2, 0.25) is 5.02 Å². The third-order valence-corrected chi connectivity index (χ3v) is 19.1. The van der Waals surface area contributed by atoms with E-state index in [2.05, 4.69) is 25.5 Å². The summed E-state index contributed by atoms with van der Waals surface area (Å²) in [5.41, 5.74) is -8.95. The minimum absolute atomic E-state index is 0.0260. The topological polar surface area (TPSA) is 251 Å². The summed E-state index contributed by atoms with van der Waals surface area (Å²) in [6, 6.07) is 10.8. The average molecular weight is 1430 g/mol.